The molecule has 0 spiro atoms. The molecule has 0 unspecified atom stereocenters. The van der Waals surface area contributed by atoms with E-state index in [0.717, 1.165) is 35.9 Å². The molecule has 3 rings (SSSR count). The molecule has 0 aliphatic heterocycles. The van der Waals surface area contributed by atoms with Crippen LogP contribution in [0, 0.1) is 24.7 Å². The zero-order valence-electron chi connectivity index (χ0n) is 10.8. The maximum atomic E-state index is 4.18. The van der Waals surface area contributed by atoms with E-state index in [-0.39, 0.29) is 0 Å². The Labute approximate surface area is 103 Å². The summed E-state index contributed by atoms with van der Waals surface area (Å²) in [5.41, 5.74) is 0. The van der Waals surface area contributed by atoms with E-state index in [0.29, 0.717) is 0 Å². The molecule has 1 N–H and O–H groups in total. The Morgan fingerprint density at radius 1 is 1.24 bits per heavy atom. The lowest BCUT2D eigenvalue weighted by molar-refractivity contribution is 0.375. The van der Waals surface area contributed by atoms with Gasteiger partial charge in [-0.05, 0) is 56.9 Å². The van der Waals surface area contributed by atoms with Crippen LogP contribution < -0.4 is 5.32 Å². The van der Waals surface area contributed by atoms with Crippen molar-refractivity contribution < 1.29 is 0 Å². The van der Waals surface area contributed by atoms with Gasteiger partial charge in [-0.1, -0.05) is 0 Å². The zero-order valence-corrected chi connectivity index (χ0v) is 10.8. The molecule has 0 aromatic carbocycles. The van der Waals surface area contributed by atoms with Gasteiger partial charge in [0.15, 0.2) is 0 Å². The predicted molar refractivity (Wildman–Crippen MR) is 66.4 cm³/mol. The molecule has 2 aliphatic carbocycles. The van der Waals surface area contributed by atoms with E-state index in [9.17, 15) is 0 Å². The number of aromatic nitrogens is 3. The first kappa shape index (κ1) is 11.2. The number of nitrogens with zero attached hydrogens (tertiary/aromatic N) is 3. The Bertz CT molecular complexity index is 378. The third-order valence-corrected chi connectivity index (χ3v) is 4.30. The number of aryl methyl sites for hydroxylation is 1. The summed E-state index contributed by atoms with van der Waals surface area (Å²) >= 11 is 0. The van der Waals surface area contributed by atoms with E-state index in [1.165, 1.54) is 32.2 Å². The fourth-order valence-corrected chi connectivity index (χ4v) is 2.72. The molecule has 4 heteroatoms. The average Bonchev–Trinajstić information content (AvgIpc) is 3.20. The third kappa shape index (κ3) is 2.51. The monoisotopic (exact) mass is 234 g/mol. The van der Waals surface area contributed by atoms with Gasteiger partial charge in [-0.25, -0.2) is 0 Å². The quantitative estimate of drug-likeness (QED) is 0.814. The van der Waals surface area contributed by atoms with Crippen LogP contribution in [-0.2, 0) is 13.6 Å². The Balaban J connectivity index is 1.49. The number of rotatable bonds is 6. The van der Waals surface area contributed by atoms with Crippen LogP contribution >= 0.6 is 0 Å². The van der Waals surface area contributed by atoms with Crippen LogP contribution in [0.5, 0.6) is 0 Å². The number of hydrogen-bond donors (Lipinski definition) is 1. The Hall–Kier alpha value is -0.900. The van der Waals surface area contributed by atoms with Gasteiger partial charge in [0.05, 0.1) is 6.54 Å². The molecule has 0 atom stereocenters. The largest absolute Gasteiger partial charge is 0.317 e. The highest BCUT2D eigenvalue weighted by atomic mass is 15.3. The van der Waals surface area contributed by atoms with Gasteiger partial charge in [-0.2, -0.15) is 0 Å². The summed E-state index contributed by atoms with van der Waals surface area (Å²) in [4.78, 5) is 0. The average molecular weight is 234 g/mol. The van der Waals surface area contributed by atoms with Gasteiger partial charge in [-0.15, -0.1) is 10.2 Å². The van der Waals surface area contributed by atoms with Crippen LogP contribution in [0.15, 0.2) is 0 Å². The van der Waals surface area contributed by atoms with Crippen LogP contribution in [-0.4, -0.2) is 21.3 Å². The van der Waals surface area contributed by atoms with Crippen molar-refractivity contribution in [1.82, 2.24) is 20.1 Å². The van der Waals surface area contributed by atoms with E-state index in [1.807, 2.05) is 14.0 Å². The van der Waals surface area contributed by atoms with Crippen molar-refractivity contribution in [1.29, 1.82) is 0 Å². The molecule has 0 saturated heterocycles. The maximum absolute atomic E-state index is 4.18. The molecule has 17 heavy (non-hydrogen) atoms. The molecule has 94 valence electrons. The van der Waals surface area contributed by atoms with Crippen molar-refractivity contribution in [3.8, 4) is 0 Å². The van der Waals surface area contributed by atoms with Crippen molar-refractivity contribution in [2.24, 2.45) is 24.8 Å². The summed E-state index contributed by atoms with van der Waals surface area (Å²) in [5, 5.41) is 11.8. The molecule has 1 aromatic heterocycles. The van der Waals surface area contributed by atoms with Crippen LogP contribution in [0.1, 0.15) is 37.3 Å². The minimum absolute atomic E-state index is 0.854. The highest BCUT2D eigenvalue weighted by Crippen LogP contribution is 2.48. The van der Waals surface area contributed by atoms with Crippen molar-refractivity contribution in [3.05, 3.63) is 11.6 Å². The summed E-state index contributed by atoms with van der Waals surface area (Å²) < 4.78 is 2.07. The van der Waals surface area contributed by atoms with Gasteiger partial charge in [-0.3, -0.25) is 0 Å². The standard InChI is InChI=1S/C13H22N4/c1-9-15-16-13(17(9)2)8-14-7-12(10-3-4-10)11-5-6-11/h10-12,14H,3-8H2,1-2H3. The summed E-state index contributed by atoms with van der Waals surface area (Å²) in [7, 11) is 2.03. The van der Waals surface area contributed by atoms with Crippen LogP contribution in [0.25, 0.3) is 0 Å². The van der Waals surface area contributed by atoms with E-state index in [4.69, 9.17) is 0 Å². The van der Waals surface area contributed by atoms with E-state index in [1.54, 1.807) is 0 Å². The first-order valence-corrected chi connectivity index (χ1v) is 6.81. The molecule has 2 aliphatic rings. The highest BCUT2D eigenvalue weighted by molar-refractivity contribution is 4.95. The van der Waals surface area contributed by atoms with Gasteiger partial charge in [0.1, 0.15) is 11.6 Å². The molecule has 1 heterocycles. The first-order chi connectivity index (χ1) is 8.25. The van der Waals surface area contributed by atoms with Crippen molar-refractivity contribution in [3.63, 3.8) is 0 Å². The second kappa shape index (κ2) is 4.41. The van der Waals surface area contributed by atoms with Gasteiger partial charge in [0, 0.05) is 7.05 Å². The molecular weight excluding hydrogens is 212 g/mol. The molecule has 2 fully saturated rings. The van der Waals surface area contributed by atoms with E-state index < -0.39 is 0 Å². The van der Waals surface area contributed by atoms with Crippen LogP contribution in [0.2, 0.25) is 0 Å². The number of nitrogens with one attached hydrogen (secondary N) is 1. The summed E-state index contributed by atoms with van der Waals surface area (Å²) in [6.45, 7) is 4.02. The van der Waals surface area contributed by atoms with Gasteiger partial charge < -0.3 is 9.88 Å². The zero-order chi connectivity index (χ0) is 11.8. The molecular formula is C13H22N4. The summed E-state index contributed by atoms with van der Waals surface area (Å²) in [6, 6.07) is 0. The molecule has 0 amide bonds. The van der Waals surface area contributed by atoms with E-state index >= 15 is 0 Å². The molecule has 4 nitrogen and oxygen atoms in total. The van der Waals surface area contributed by atoms with Gasteiger partial charge in [0.25, 0.3) is 0 Å². The second-order valence-electron chi connectivity index (χ2n) is 5.69. The lowest BCUT2D eigenvalue weighted by atomic mass is 9.98. The maximum Gasteiger partial charge on any atom is 0.146 e. The lowest BCUT2D eigenvalue weighted by Gasteiger charge is -2.15. The highest BCUT2D eigenvalue weighted by Gasteiger charge is 2.40. The minimum Gasteiger partial charge on any atom is -0.317 e. The lowest BCUT2D eigenvalue weighted by Crippen LogP contribution is -2.26. The van der Waals surface area contributed by atoms with Gasteiger partial charge >= 0.3 is 0 Å². The normalized spacial score (nSPS) is 20.2. The SMILES string of the molecule is Cc1nnc(CNCC(C2CC2)C2CC2)n1C. The fraction of sp³-hybridized carbons (Fsp3) is 0.846. The van der Waals surface area contributed by atoms with Gasteiger partial charge in [0.2, 0.25) is 0 Å². The third-order valence-electron chi connectivity index (χ3n) is 4.30. The second-order valence-corrected chi connectivity index (χ2v) is 5.69. The molecule has 0 radical (unpaired) electrons. The Morgan fingerprint density at radius 3 is 2.35 bits per heavy atom. The van der Waals surface area contributed by atoms with Crippen LogP contribution in [0.4, 0.5) is 0 Å². The first-order valence-electron chi connectivity index (χ1n) is 6.81. The summed E-state index contributed by atoms with van der Waals surface area (Å²) in [5.74, 6) is 5.02. The Kier molecular flexibility index (Phi) is 2.90. The van der Waals surface area contributed by atoms with E-state index in [2.05, 4.69) is 20.1 Å². The van der Waals surface area contributed by atoms with Crippen molar-refractivity contribution in [2.45, 2.75) is 39.2 Å². The number of hydrogen-bond acceptors (Lipinski definition) is 3. The molecule has 0 bridgehead atoms. The van der Waals surface area contributed by atoms with Crippen molar-refractivity contribution >= 4 is 0 Å². The Morgan fingerprint density at radius 2 is 1.88 bits per heavy atom. The molecule has 2 saturated carbocycles. The minimum atomic E-state index is 0.854. The molecule has 1 aromatic rings. The summed E-state index contributed by atoms with van der Waals surface area (Å²) in [6.07, 6.45) is 5.86. The fourth-order valence-electron chi connectivity index (χ4n) is 2.72. The smallest absolute Gasteiger partial charge is 0.146 e. The van der Waals surface area contributed by atoms with Crippen LogP contribution in [0.3, 0.4) is 0 Å². The predicted octanol–water partition coefficient (Wildman–Crippen LogP) is 1.65. The topological polar surface area (TPSA) is 42.7 Å². The van der Waals surface area contributed by atoms with Crippen molar-refractivity contribution in [2.75, 3.05) is 6.54 Å².